The van der Waals surface area contributed by atoms with Gasteiger partial charge in [-0.3, -0.25) is 0 Å². The van der Waals surface area contributed by atoms with Gasteiger partial charge in [0.1, 0.15) is 5.82 Å². The van der Waals surface area contributed by atoms with Crippen LogP contribution in [-0.4, -0.2) is 28.6 Å². The van der Waals surface area contributed by atoms with Gasteiger partial charge in [0.05, 0.1) is 11.1 Å². The first-order chi connectivity index (χ1) is 9.70. The molecule has 1 aromatic carbocycles. The molecule has 0 bridgehead atoms. The predicted octanol–water partition coefficient (Wildman–Crippen LogP) is 3.31. The minimum absolute atomic E-state index is 0.315. The highest BCUT2D eigenvalue weighted by molar-refractivity contribution is 6.02. The van der Waals surface area contributed by atoms with E-state index in [0.29, 0.717) is 17.0 Å². The minimum atomic E-state index is -0.905. The Kier molecular flexibility index (Phi) is 3.30. The van der Waals surface area contributed by atoms with Gasteiger partial charge in [-0.1, -0.05) is 13.0 Å². The van der Waals surface area contributed by atoms with Crippen LogP contribution < -0.4 is 4.90 Å². The number of anilines is 1. The van der Waals surface area contributed by atoms with Crippen molar-refractivity contribution in [1.29, 1.82) is 0 Å². The van der Waals surface area contributed by atoms with Crippen LogP contribution in [0.25, 0.3) is 10.9 Å². The van der Waals surface area contributed by atoms with Crippen LogP contribution in [0.5, 0.6) is 0 Å². The van der Waals surface area contributed by atoms with Gasteiger partial charge in [0.15, 0.2) is 0 Å². The van der Waals surface area contributed by atoms with Gasteiger partial charge < -0.3 is 10.0 Å². The zero-order valence-electron chi connectivity index (χ0n) is 11.5. The van der Waals surface area contributed by atoms with E-state index in [-0.39, 0.29) is 0 Å². The van der Waals surface area contributed by atoms with Crippen molar-refractivity contribution in [3.8, 4) is 0 Å². The molecule has 1 saturated heterocycles. The van der Waals surface area contributed by atoms with E-state index in [4.69, 9.17) is 0 Å². The number of benzene rings is 1. The van der Waals surface area contributed by atoms with Gasteiger partial charge in [0.2, 0.25) is 0 Å². The molecule has 4 heteroatoms. The molecule has 1 aromatic heterocycles. The van der Waals surface area contributed by atoms with Crippen LogP contribution in [0.2, 0.25) is 0 Å². The molecule has 1 aliphatic heterocycles. The summed E-state index contributed by atoms with van der Waals surface area (Å²) in [7, 11) is 0. The average Bonchev–Trinajstić information content (AvgIpc) is 2.94. The van der Waals surface area contributed by atoms with Gasteiger partial charge in [0, 0.05) is 18.0 Å². The van der Waals surface area contributed by atoms with Gasteiger partial charge in [-0.2, -0.15) is 0 Å². The smallest absolute Gasteiger partial charge is 0.336 e. The standard InChI is InChI=1S/C16H18N2O2/c1-2-11-5-4-10-18(11)15-9-8-12-13(16(19)20)6-3-7-14(12)17-15/h3,6-9,11H,2,4-5,10H2,1H3,(H,19,20). The second-order valence-electron chi connectivity index (χ2n) is 5.24. The van der Waals surface area contributed by atoms with E-state index in [9.17, 15) is 9.90 Å². The molecule has 0 spiro atoms. The topological polar surface area (TPSA) is 53.4 Å². The van der Waals surface area contributed by atoms with Gasteiger partial charge in [-0.15, -0.1) is 0 Å². The lowest BCUT2D eigenvalue weighted by Crippen LogP contribution is -2.29. The fraction of sp³-hybridized carbons (Fsp3) is 0.375. The summed E-state index contributed by atoms with van der Waals surface area (Å²) in [6.07, 6.45) is 3.54. The van der Waals surface area contributed by atoms with E-state index in [1.165, 1.54) is 12.8 Å². The number of hydrogen-bond donors (Lipinski definition) is 1. The van der Waals surface area contributed by atoms with Crippen molar-refractivity contribution >= 4 is 22.7 Å². The Morgan fingerprint density at radius 1 is 1.40 bits per heavy atom. The number of aromatic nitrogens is 1. The third-order valence-electron chi connectivity index (χ3n) is 4.09. The molecule has 2 heterocycles. The monoisotopic (exact) mass is 270 g/mol. The first-order valence-electron chi connectivity index (χ1n) is 7.10. The van der Waals surface area contributed by atoms with Gasteiger partial charge >= 0.3 is 5.97 Å². The normalized spacial score (nSPS) is 18.6. The third-order valence-corrected chi connectivity index (χ3v) is 4.09. The lowest BCUT2D eigenvalue weighted by Gasteiger charge is -2.25. The Bertz CT molecular complexity index is 654. The van der Waals surface area contributed by atoms with Gasteiger partial charge in [-0.25, -0.2) is 9.78 Å². The highest BCUT2D eigenvalue weighted by Crippen LogP contribution is 2.28. The number of fused-ring (bicyclic) bond motifs is 1. The van der Waals surface area contributed by atoms with E-state index in [2.05, 4.69) is 16.8 Å². The molecule has 104 valence electrons. The molecule has 0 saturated carbocycles. The molecule has 1 fully saturated rings. The number of aromatic carboxylic acids is 1. The summed E-state index contributed by atoms with van der Waals surface area (Å²) >= 11 is 0. The zero-order chi connectivity index (χ0) is 14.1. The summed E-state index contributed by atoms with van der Waals surface area (Å²) < 4.78 is 0. The Hall–Kier alpha value is -2.10. The molecule has 0 aliphatic carbocycles. The first-order valence-corrected chi connectivity index (χ1v) is 7.10. The highest BCUT2D eigenvalue weighted by Gasteiger charge is 2.24. The maximum atomic E-state index is 11.2. The largest absolute Gasteiger partial charge is 0.478 e. The van der Waals surface area contributed by atoms with Crippen molar-refractivity contribution in [1.82, 2.24) is 4.98 Å². The van der Waals surface area contributed by atoms with E-state index < -0.39 is 5.97 Å². The van der Waals surface area contributed by atoms with Crippen molar-refractivity contribution in [3.05, 3.63) is 35.9 Å². The SMILES string of the molecule is CCC1CCCN1c1ccc2c(C(=O)O)cccc2n1. The number of carboxylic acids is 1. The fourth-order valence-electron chi connectivity index (χ4n) is 3.05. The number of nitrogens with zero attached hydrogens (tertiary/aromatic N) is 2. The Morgan fingerprint density at radius 2 is 2.25 bits per heavy atom. The summed E-state index contributed by atoms with van der Waals surface area (Å²) in [6, 6.07) is 9.64. The third kappa shape index (κ3) is 2.11. The number of carbonyl (C=O) groups is 1. The lowest BCUT2D eigenvalue weighted by atomic mass is 10.1. The van der Waals surface area contributed by atoms with Crippen molar-refractivity contribution in [2.45, 2.75) is 32.2 Å². The molecule has 3 rings (SSSR count). The van der Waals surface area contributed by atoms with Crippen LogP contribution in [0.1, 0.15) is 36.5 Å². The molecular weight excluding hydrogens is 252 g/mol. The van der Waals surface area contributed by atoms with Gasteiger partial charge in [0.25, 0.3) is 0 Å². The molecule has 0 radical (unpaired) electrons. The summed E-state index contributed by atoms with van der Waals surface area (Å²) in [6.45, 7) is 3.24. The molecule has 1 atom stereocenters. The Labute approximate surface area is 118 Å². The average molecular weight is 270 g/mol. The van der Waals surface area contributed by atoms with Crippen LogP contribution in [0, 0.1) is 0 Å². The quantitative estimate of drug-likeness (QED) is 0.929. The van der Waals surface area contributed by atoms with Crippen molar-refractivity contribution in [2.24, 2.45) is 0 Å². The minimum Gasteiger partial charge on any atom is -0.478 e. The second kappa shape index (κ2) is 5.12. The Balaban J connectivity index is 2.05. The van der Waals surface area contributed by atoms with E-state index in [1.54, 1.807) is 12.1 Å². The maximum absolute atomic E-state index is 11.2. The fourth-order valence-corrected chi connectivity index (χ4v) is 3.05. The van der Waals surface area contributed by atoms with Crippen molar-refractivity contribution < 1.29 is 9.90 Å². The van der Waals surface area contributed by atoms with Gasteiger partial charge in [-0.05, 0) is 43.5 Å². The molecular formula is C16H18N2O2. The summed E-state index contributed by atoms with van der Waals surface area (Å²) in [5, 5.41) is 9.91. The predicted molar refractivity (Wildman–Crippen MR) is 79.4 cm³/mol. The van der Waals surface area contributed by atoms with Crippen LogP contribution in [0.4, 0.5) is 5.82 Å². The van der Waals surface area contributed by atoms with Crippen LogP contribution in [-0.2, 0) is 0 Å². The molecule has 2 aromatic rings. The van der Waals surface area contributed by atoms with E-state index >= 15 is 0 Å². The van der Waals surface area contributed by atoms with Crippen LogP contribution in [0.15, 0.2) is 30.3 Å². The second-order valence-corrected chi connectivity index (χ2v) is 5.24. The summed E-state index contributed by atoms with van der Waals surface area (Å²) in [5.74, 6) is 0.0575. The maximum Gasteiger partial charge on any atom is 0.336 e. The van der Waals surface area contributed by atoms with Crippen molar-refractivity contribution in [2.75, 3.05) is 11.4 Å². The summed E-state index contributed by atoms with van der Waals surface area (Å²) in [4.78, 5) is 18.2. The highest BCUT2D eigenvalue weighted by atomic mass is 16.4. The van der Waals surface area contributed by atoms with E-state index in [1.807, 2.05) is 18.2 Å². The zero-order valence-corrected chi connectivity index (χ0v) is 11.5. The molecule has 0 amide bonds. The number of rotatable bonds is 3. The van der Waals surface area contributed by atoms with Crippen molar-refractivity contribution in [3.63, 3.8) is 0 Å². The molecule has 1 unspecified atom stereocenters. The van der Waals surface area contributed by atoms with Crippen LogP contribution >= 0.6 is 0 Å². The summed E-state index contributed by atoms with van der Waals surface area (Å²) in [5.41, 5.74) is 1.07. The molecule has 20 heavy (non-hydrogen) atoms. The van der Waals surface area contributed by atoms with Crippen LogP contribution in [0.3, 0.4) is 0 Å². The molecule has 1 aliphatic rings. The first kappa shape index (κ1) is 12.9. The number of carboxylic acid groups (broad SMARTS) is 1. The molecule has 1 N–H and O–H groups in total. The number of hydrogen-bond acceptors (Lipinski definition) is 3. The lowest BCUT2D eigenvalue weighted by molar-refractivity contribution is 0.0699. The van der Waals surface area contributed by atoms with E-state index in [0.717, 1.165) is 24.3 Å². The Morgan fingerprint density at radius 3 is 3.00 bits per heavy atom. The molecule has 4 nitrogen and oxygen atoms in total. The number of pyridine rings is 1.